The standard InChI is InChI=1S/C21H35N5O2S/c1-5-6-10-25-20(14-22-21(25)29(27,28)16-19-8-7-9-19)15-24(4)11-12-26-18(3)13-17(2)23-26/h13-14,19H,5-12,15-16H2,1-4H3. The van der Waals surface area contributed by atoms with Crippen LogP contribution in [-0.4, -0.2) is 52.0 Å². The molecule has 1 aliphatic carbocycles. The van der Waals surface area contributed by atoms with Crippen molar-refractivity contribution in [1.82, 2.24) is 24.2 Å². The highest BCUT2D eigenvalue weighted by Crippen LogP contribution is 2.29. The largest absolute Gasteiger partial charge is 0.318 e. The third kappa shape index (κ3) is 5.48. The monoisotopic (exact) mass is 421 g/mol. The van der Waals surface area contributed by atoms with Crippen LogP contribution in [0.5, 0.6) is 0 Å². The molecule has 0 aromatic carbocycles. The van der Waals surface area contributed by atoms with Gasteiger partial charge in [-0.05, 0) is 52.1 Å². The fourth-order valence-corrected chi connectivity index (χ4v) is 5.75. The molecule has 3 rings (SSSR count). The van der Waals surface area contributed by atoms with Gasteiger partial charge in [-0.2, -0.15) is 5.10 Å². The molecular weight excluding hydrogens is 386 g/mol. The number of sulfone groups is 1. The van der Waals surface area contributed by atoms with Crippen LogP contribution in [0.3, 0.4) is 0 Å². The van der Waals surface area contributed by atoms with Crippen LogP contribution in [0.25, 0.3) is 0 Å². The van der Waals surface area contributed by atoms with Crippen LogP contribution < -0.4 is 0 Å². The molecule has 1 fully saturated rings. The lowest BCUT2D eigenvalue weighted by Gasteiger charge is -2.25. The molecule has 2 aromatic heterocycles. The second-order valence-corrected chi connectivity index (χ2v) is 10.4. The van der Waals surface area contributed by atoms with Gasteiger partial charge < -0.3 is 4.57 Å². The molecule has 0 spiro atoms. The molecule has 0 amide bonds. The molecule has 7 nitrogen and oxygen atoms in total. The van der Waals surface area contributed by atoms with Crippen molar-refractivity contribution in [3.63, 3.8) is 0 Å². The highest BCUT2D eigenvalue weighted by Gasteiger charge is 2.30. The van der Waals surface area contributed by atoms with E-state index < -0.39 is 9.84 Å². The number of aryl methyl sites for hydroxylation is 2. The van der Waals surface area contributed by atoms with E-state index in [0.29, 0.717) is 19.0 Å². The van der Waals surface area contributed by atoms with E-state index in [4.69, 9.17) is 0 Å². The lowest BCUT2D eigenvalue weighted by molar-refractivity contribution is 0.294. The molecule has 0 bridgehead atoms. The summed E-state index contributed by atoms with van der Waals surface area (Å²) in [5, 5.41) is 4.78. The van der Waals surface area contributed by atoms with Crippen LogP contribution in [0.1, 0.15) is 56.1 Å². The van der Waals surface area contributed by atoms with Crippen LogP contribution in [0, 0.1) is 19.8 Å². The van der Waals surface area contributed by atoms with Crippen molar-refractivity contribution in [2.45, 2.75) is 77.7 Å². The van der Waals surface area contributed by atoms with E-state index in [2.05, 4.69) is 41.9 Å². The molecular formula is C21H35N5O2S. The van der Waals surface area contributed by atoms with Gasteiger partial charge in [0, 0.05) is 25.3 Å². The zero-order valence-electron chi connectivity index (χ0n) is 18.3. The van der Waals surface area contributed by atoms with Gasteiger partial charge in [0.25, 0.3) is 0 Å². The van der Waals surface area contributed by atoms with Gasteiger partial charge >= 0.3 is 0 Å². The van der Waals surface area contributed by atoms with E-state index in [9.17, 15) is 8.42 Å². The second-order valence-electron chi connectivity index (χ2n) is 8.50. The van der Waals surface area contributed by atoms with E-state index in [1.807, 2.05) is 16.2 Å². The SMILES string of the molecule is CCCCn1c(CN(C)CCn2nc(C)cc2C)cnc1S(=O)(=O)CC1CCC1. The first kappa shape index (κ1) is 22.0. The molecule has 0 atom stereocenters. The number of imidazole rings is 1. The van der Waals surface area contributed by atoms with Crippen molar-refractivity contribution in [1.29, 1.82) is 0 Å². The maximum atomic E-state index is 13.0. The summed E-state index contributed by atoms with van der Waals surface area (Å²) in [6.07, 6.45) is 6.92. The molecule has 0 radical (unpaired) electrons. The normalized spacial score (nSPS) is 15.2. The summed E-state index contributed by atoms with van der Waals surface area (Å²) in [7, 11) is -1.27. The quantitative estimate of drug-likeness (QED) is 0.557. The lowest BCUT2D eigenvalue weighted by Crippen LogP contribution is -2.27. The Kier molecular flexibility index (Phi) is 7.16. The Morgan fingerprint density at radius 1 is 1.24 bits per heavy atom. The average Bonchev–Trinajstić information content (AvgIpc) is 3.17. The van der Waals surface area contributed by atoms with Crippen molar-refractivity contribution in [2.75, 3.05) is 19.3 Å². The Labute approximate surface area is 175 Å². The van der Waals surface area contributed by atoms with Crippen molar-refractivity contribution >= 4 is 9.84 Å². The number of likely N-dealkylation sites (N-methyl/N-ethyl adjacent to an activating group) is 1. The molecule has 8 heteroatoms. The van der Waals surface area contributed by atoms with Gasteiger partial charge in [-0.1, -0.05) is 19.8 Å². The third-order valence-electron chi connectivity index (χ3n) is 5.82. The molecule has 162 valence electrons. The zero-order chi connectivity index (χ0) is 21.0. The van der Waals surface area contributed by atoms with Gasteiger partial charge in [-0.3, -0.25) is 9.58 Å². The van der Waals surface area contributed by atoms with E-state index in [-0.39, 0.29) is 10.9 Å². The fraction of sp³-hybridized carbons (Fsp3) is 0.714. The highest BCUT2D eigenvalue weighted by molar-refractivity contribution is 7.91. The molecule has 0 aliphatic heterocycles. The molecule has 0 saturated heterocycles. The smallest absolute Gasteiger partial charge is 0.227 e. The first-order valence-corrected chi connectivity index (χ1v) is 12.4. The van der Waals surface area contributed by atoms with E-state index in [1.54, 1.807) is 6.20 Å². The number of hydrogen-bond donors (Lipinski definition) is 0. The lowest BCUT2D eigenvalue weighted by atomic mass is 9.87. The number of rotatable bonds is 11. The van der Waals surface area contributed by atoms with Crippen LogP contribution in [0.2, 0.25) is 0 Å². The van der Waals surface area contributed by atoms with Crippen molar-refractivity contribution in [3.05, 3.63) is 29.3 Å². The van der Waals surface area contributed by atoms with Crippen LogP contribution in [0.4, 0.5) is 0 Å². The van der Waals surface area contributed by atoms with Gasteiger partial charge in [0.05, 0.1) is 29.9 Å². The molecule has 1 aliphatic rings. The predicted octanol–water partition coefficient (Wildman–Crippen LogP) is 3.20. The van der Waals surface area contributed by atoms with Crippen LogP contribution >= 0.6 is 0 Å². The van der Waals surface area contributed by atoms with Crippen LogP contribution in [-0.2, 0) is 29.5 Å². The van der Waals surface area contributed by atoms with Gasteiger partial charge in [0.1, 0.15) is 0 Å². The summed E-state index contributed by atoms with van der Waals surface area (Å²) in [4.78, 5) is 6.58. The summed E-state index contributed by atoms with van der Waals surface area (Å²) in [5.41, 5.74) is 3.17. The number of hydrogen-bond acceptors (Lipinski definition) is 5. The molecule has 2 aromatic rings. The Hall–Kier alpha value is -1.67. The predicted molar refractivity (Wildman–Crippen MR) is 115 cm³/mol. The first-order valence-electron chi connectivity index (χ1n) is 10.8. The molecule has 29 heavy (non-hydrogen) atoms. The van der Waals surface area contributed by atoms with E-state index in [1.165, 1.54) is 0 Å². The Bertz CT molecular complexity index is 912. The topological polar surface area (TPSA) is 73.0 Å². The van der Waals surface area contributed by atoms with Gasteiger partial charge in [-0.25, -0.2) is 13.4 Å². The summed E-state index contributed by atoms with van der Waals surface area (Å²) in [6, 6.07) is 2.08. The fourth-order valence-electron chi connectivity index (χ4n) is 3.89. The van der Waals surface area contributed by atoms with Gasteiger partial charge in [0.2, 0.25) is 15.0 Å². The third-order valence-corrected chi connectivity index (χ3v) is 7.62. The first-order chi connectivity index (χ1) is 13.8. The summed E-state index contributed by atoms with van der Waals surface area (Å²) >= 11 is 0. The summed E-state index contributed by atoms with van der Waals surface area (Å²) in [5.74, 6) is 0.548. The van der Waals surface area contributed by atoms with Crippen molar-refractivity contribution in [2.24, 2.45) is 5.92 Å². The highest BCUT2D eigenvalue weighted by atomic mass is 32.2. The minimum atomic E-state index is -3.34. The van der Waals surface area contributed by atoms with E-state index >= 15 is 0 Å². The molecule has 1 saturated carbocycles. The average molecular weight is 422 g/mol. The van der Waals surface area contributed by atoms with Crippen molar-refractivity contribution < 1.29 is 8.42 Å². The molecule has 0 unspecified atom stereocenters. The number of unbranched alkanes of at least 4 members (excludes halogenated alkanes) is 1. The molecule has 0 N–H and O–H groups in total. The maximum absolute atomic E-state index is 13.0. The minimum Gasteiger partial charge on any atom is -0.318 e. The maximum Gasteiger partial charge on any atom is 0.227 e. The van der Waals surface area contributed by atoms with Gasteiger partial charge in [-0.15, -0.1) is 0 Å². The summed E-state index contributed by atoms with van der Waals surface area (Å²) < 4.78 is 29.9. The number of aromatic nitrogens is 4. The second kappa shape index (κ2) is 9.43. The molecule has 2 heterocycles. The van der Waals surface area contributed by atoms with Gasteiger partial charge in [0.15, 0.2) is 0 Å². The van der Waals surface area contributed by atoms with E-state index in [0.717, 1.165) is 62.3 Å². The zero-order valence-corrected chi connectivity index (χ0v) is 19.1. The Morgan fingerprint density at radius 2 is 2.00 bits per heavy atom. The minimum absolute atomic E-state index is 0.239. The summed E-state index contributed by atoms with van der Waals surface area (Å²) in [6.45, 7) is 9.23. The van der Waals surface area contributed by atoms with Crippen LogP contribution in [0.15, 0.2) is 17.4 Å². The van der Waals surface area contributed by atoms with Crippen molar-refractivity contribution in [3.8, 4) is 0 Å². The number of nitrogens with zero attached hydrogens (tertiary/aromatic N) is 5. The Morgan fingerprint density at radius 3 is 2.59 bits per heavy atom. The Balaban J connectivity index is 1.70.